The maximum absolute atomic E-state index is 11.2. The van der Waals surface area contributed by atoms with Crippen molar-refractivity contribution >= 4 is 44.1 Å². The molecule has 0 N–H and O–H groups in total. The molecule has 0 saturated carbocycles. The fraction of sp³-hybridized carbons (Fsp3) is 0.500. The molecule has 4 nitrogen and oxygen atoms in total. The maximum Gasteiger partial charge on any atom is 0.224 e. The molecule has 0 unspecified atom stereocenters. The summed E-state index contributed by atoms with van der Waals surface area (Å²) in [6, 6.07) is 0. The zero-order valence-electron chi connectivity index (χ0n) is 7.82. The van der Waals surface area contributed by atoms with Crippen LogP contribution in [-0.4, -0.2) is 38.8 Å². The van der Waals surface area contributed by atoms with Gasteiger partial charge in [-0.1, -0.05) is 0 Å². The molecule has 1 aliphatic rings. The molecule has 0 bridgehead atoms. The molecule has 82 valence electrons. The lowest BCUT2D eigenvalue weighted by Gasteiger charge is -2.27. The molecular weight excluding hydrogens is 302 g/mol. The van der Waals surface area contributed by atoms with Crippen LogP contribution in [0, 0.1) is 0 Å². The van der Waals surface area contributed by atoms with Gasteiger partial charge in [-0.25, -0.2) is 4.98 Å². The van der Waals surface area contributed by atoms with Gasteiger partial charge in [0.1, 0.15) is 5.82 Å². The Labute approximate surface area is 104 Å². The molecule has 15 heavy (non-hydrogen) atoms. The van der Waals surface area contributed by atoms with Gasteiger partial charge in [0.2, 0.25) is 5.28 Å². The summed E-state index contributed by atoms with van der Waals surface area (Å²) in [6.45, 7) is 1.50. The van der Waals surface area contributed by atoms with Crippen molar-refractivity contribution in [2.75, 3.05) is 29.5 Å². The zero-order chi connectivity index (χ0) is 10.8. The van der Waals surface area contributed by atoms with Gasteiger partial charge in [-0.2, -0.15) is 4.98 Å². The van der Waals surface area contributed by atoms with Gasteiger partial charge in [0.05, 0.1) is 4.47 Å². The van der Waals surface area contributed by atoms with Crippen molar-refractivity contribution in [3.8, 4) is 0 Å². The highest BCUT2D eigenvalue weighted by molar-refractivity contribution is 9.10. The van der Waals surface area contributed by atoms with E-state index in [0.717, 1.165) is 23.4 Å². The molecule has 1 aromatic heterocycles. The fourth-order valence-corrected chi connectivity index (χ4v) is 3.03. The molecule has 2 rings (SSSR count). The van der Waals surface area contributed by atoms with Crippen LogP contribution < -0.4 is 4.90 Å². The molecule has 7 heteroatoms. The predicted octanol–water partition coefficient (Wildman–Crippen LogP) is 1.46. The highest BCUT2D eigenvalue weighted by Gasteiger charge is 2.19. The summed E-state index contributed by atoms with van der Waals surface area (Å²) in [5.74, 6) is 2.16. The molecule has 0 atom stereocenters. The topological polar surface area (TPSA) is 46.1 Å². The van der Waals surface area contributed by atoms with E-state index in [-0.39, 0.29) is 5.28 Å². The van der Waals surface area contributed by atoms with Crippen molar-refractivity contribution < 1.29 is 4.21 Å². The Morgan fingerprint density at radius 1 is 1.47 bits per heavy atom. The van der Waals surface area contributed by atoms with Crippen molar-refractivity contribution in [2.45, 2.75) is 0 Å². The lowest BCUT2D eigenvalue weighted by Crippen LogP contribution is -2.38. The monoisotopic (exact) mass is 309 g/mol. The number of halogens is 2. The highest BCUT2D eigenvalue weighted by Crippen LogP contribution is 2.25. The second kappa shape index (κ2) is 4.76. The average molecular weight is 311 g/mol. The second-order valence-corrected chi connectivity index (χ2v) is 6.03. The summed E-state index contributed by atoms with van der Waals surface area (Å²) in [5.41, 5.74) is 0. The first-order valence-electron chi connectivity index (χ1n) is 4.45. The third-order valence-corrected chi connectivity index (χ3v) is 4.19. The third-order valence-electron chi connectivity index (χ3n) is 2.17. The van der Waals surface area contributed by atoms with E-state index in [9.17, 15) is 4.21 Å². The van der Waals surface area contributed by atoms with Gasteiger partial charge in [-0.05, 0) is 27.5 Å². The minimum absolute atomic E-state index is 0.236. The maximum atomic E-state index is 11.2. The van der Waals surface area contributed by atoms with Crippen LogP contribution in [0.15, 0.2) is 10.7 Å². The van der Waals surface area contributed by atoms with Crippen molar-refractivity contribution in [3.05, 3.63) is 16.0 Å². The number of rotatable bonds is 1. The quantitative estimate of drug-likeness (QED) is 0.737. The highest BCUT2D eigenvalue weighted by atomic mass is 79.9. The SMILES string of the molecule is O=S1CCN(c2nc(Cl)ncc2Br)CC1. The molecule has 1 fully saturated rings. The molecule has 0 amide bonds. The van der Waals surface area contributed by atoms with Crippen LogP contribution in [-0.2, 0) is 10.8 Å². The third kappa shape index (κ3) is 2.68. The van der Waals surface area contributed by atoms with Crippen molar-refractivity contribution in [1.29, 1.82) is 0 Å². The first-order chi connectivity index (χ1) is 7.16. The van der Waals surface area contributed by atoms with Crippen LogP contribution in [0.4, 0.5) is 5.82 Å². The largest absolute Gasteiger partial charge is 0.354 e. The van der Waals surface area contributed by atoms with Gasteiger partial charge in [0.15, 0.2) is 0 Å². The Balaban J connectivity index is 2.21. The summed E-state index contributed by atoms with van der Waals surface area (Å²) >= 11 is 9.11. The minimum atomic E-state index is -0.680. The predicted molar refractivity (Wildman–Crippen MR) is 64.8 cm³/mol. The standard InChI is InChI=1S/C8H9BrClN3OS/c9-6-5-11-8(10)12-7(6)13-1-3-15(14)4-2-13/h5H,1-4H2. The zero-order valence-corrected chi connectivity index (χ0v) is 11.0. The average Bonchev–Trinajstić information content (AvgIpc) is 2.23. The Morgan fingerprint density at radius 2 is 2.13 bits per heavy atom. The molecule has 0 aliphatic carbocycles. The number of hydrogen-bond donors (Lipinski definition) is 0. The molecular formula is C8H9BrClN3OS. The van der Waals surface area contributed by atoms with Crippen LogP contribution in [0.5, 0.6) is 0 Å². The molecule has 2 heterocycles. The fourth-order valence-electron chi connectivity index (χ4n) is 1.41. The van der Waals surface area contributed by atoms with Crippen molar-refractivity contribution in [2.24, 2.45) is 0 Å². The number of nitrogens with zero attached hydrogens (tertiary/aromatic N) is 3. The normalized spacial score (nSPS) is 18.1. The Bertz CT molecular complexity index is 393. The summed E-state index contributed by atoms with van der Waals surface area (Å²) in [4.78, 5) is 10.1. The molecule has 0 spiro atoms. The summed E-state index contributed by atoms with van der Waals surface area (Å²) in [7, 11) is -0.680. The summed E-state index contributed by atoms with van der Waals surface area (Å²) in [6.07, 6.45) is 1.64. The van der Waals surface area contributed by atoms with Gasteiger partial charge in [0, 0.05) is 41.6 Å². The number of anilines is 1. The van der Waals surface area contributed by atoms with Crippen LogP contribution in [0.1, 0.15) is 0 Å². The number of aromatic nitrogens is 2. The molecule has 1 aliphatic heterocycles. The Hall–Kier alpha value is -0.200. The van der Waals surface area contributed by atoms with Gasteiger partial charge < -0.3 is 4.90 Å². The van der Waals surface area contributed by atoms with E-state index >= 15 is 0 Å². The van der Waals surface area contributed by atoms with E-state index in [1.807, 2.05) is 0 Å². The lowest BCUT2D eigenvalue weighted by molar-refractivity contribution is 0.672. The first-order valence-corrected chi connectivity index (χ1v) is 7.10. The summed E-state index contributed by atoms with van der Waals surface area (Å²) in [5, 5.41) is 0.236. The van der Waals surface area contributed by atoms with Gasteiger partial charge >= 0.3 is 0 Å². The van der Waals surface area contributed by atoms with Gasteiger partial charge in [-0.3, -0.25) is 4.21 Å². The van der Waals surface area contributed by atoms with Crippen LogP contribution >= 0.6 is 27.5 Å². The van der Waals surface area contributed by atoms with Crippen molar-refractivity contribution in [1.82, 2.24) is 9.97 Å². The van der Waals surface area contributed by atoms with Crippen LogP contribution in [0.25, 0.3) is 0 Å². The smallest absolute Gasteiger partial charge is 0.224 e. The second-order valence-electron chi connectivity index (χ2n) is 3.15. The Morgan fingerprint density at radius 3 is 2.80 bits per heavy atom. The van der Waals surface area contributed by atoms with Crippen LogP contribution in [0.3, 0.4) is 0 Å². The molecule has 0 radical (unpaired) electrons. The van der Waals surface area contributed by atoms with Crippen LogP contribution in [0.2, 0.25) is 5.28 Å². The van der Waals surface area contributed by atoms with E-state index in [1.165, 1.54) is 0 Å². The van der Waals surface area contributed by atoms with E-state index < -0.39 is 10.8 Å². The minimum Gasteiger partial charge on any atom is -0.354 e. The van der Waals surface area contributed by atoms with Gasteiger partial charge in [-0.15, -0.1) is 0 Å². The first kappa shape index (κ1) is 11.3. The van der Waals surface area contributed by atoms with E-state index in [1.54, 1.807) is 6.20 Å². The Kier molecular flexibility index (Phi) is 3.58. The van der Waals surface area contributed by atoms with E-state index in [4.69, 9.17) is 11.6 Å². The lowest BCUT2D eigenvalue weighted by atomic mass is 10.4. The van der Waals surface area contributed by atoms with E-state index in [2.05, 4.69) is 30.8 Å². The summed E-state index contributed by atoms with van der Waals surface area (Å²) < 4.78 is 12.0. The molecule has 0 aromatic carbocycles. The molecule has 1 aromatic rings. The van der Waals surface area contributed by atoms with Gasteiger partial charge in [0.25, 0.3) is 0 Å². The molecule has 1 saturated heterocycles. The van der Waals surface area contributed by atoms with Crippen molar-refractivity contribution in [3.63, 3.8) is 0 Å². The van der Waals surface area contributed by atoms with E-state index in [0.29, 0.717) is 11.5 Å². The number of hydrogen-bond acceptors (Lipinski definition) is 4.